The number of aliphatic carboxylic acids is 1. The summed E-state index contributed by atoms with van der Waals surface area (Å²) >= 11 is 0. The number of aliphatic hydroxyl groups is 1. The second kappa shape index (κ2) is 26.0. The number of nitrogens with one attached hydrogen (secondary N) is 5. The maximum Gasteiger partial charge on any atom is 0.303 e. The van der Waals surface area contributed by atoms with Gasteiger partial charge >= 0.3 is 5.97 Å². The number of carbonyl (C=O) groups excluding carboxylic acids is 10. The fourth-order valence-corrected chi connectivity index (χ4v) is 8.57. The molecule has 3 aliphatic rings. The van der Waals surface area contributed by atoms with E-state index in [1.54, 1.807) is 34.6 Å². The largest absolute Gasteiger partial charge is 0.481 e. The van der Waals surface area contributed by atoms with E-state index in [1.165, 1.54) is 14.7 Å². The van der Waals surface area contributed by atoms with Crippen LogP contribution in [-0.2, 0) is 52.7 Å². The van der Waals surface area contributed by atoms with Crippen molar-refractivity contribution in [1.29, 1.82) is 0 Å². The van der Waals surface area contributed by atoms with Crippen LogP contribution >= 0.6 is 0 Å². The number of carboxylic acid groups (broad SMARTS) is 1. The van der Waals surface area contributed by atoms with Crippen LogP contribution in [0.2, 0.25) is 0 Å². The molecule has 3 aliphatic heterocycles. The minimum Gasteiger partial charge on any atom is -0.481 e. The van der Waals surface area contributed by atoms with Crippen molar-refractivity contribution >= 4 is 65.4 Å². The second-order valence-electron chi connectivity index (χ2n) is 18.4. The molecule has 0 aromatic rings. The van der Waals surface area contributed by atoms with Crippen LogP contribution in [0.25, 0.3) is 0 Å². The third kappa shape index (κ3) is 15.1. The van der Waals surface area contributed by atoms with Gasteiger partial charge in [0.1, 0.15) is 54.6 Å². The van der Waals surface area contributed by atoms with Crippen molar-refractivity contribution in [1.82, 2.24) is 41.3 Å². The van der Waals surface area contributed by atoms with Gasteiger partial charge in [0, 0.05) is 32.5 Å². The molecule has 11 N–H and O–H groups in total. The molecule has 23 heteroatoms. The Kier molecular flexibility index (Phi) is 21.6. The fraction of sp³-hybridized carbons (Fsp3) is 0.750. The van der Waals surface area contributed by atoms with E-state index in [0.29, 0.717) is 32.0 Å². The summed E-state index contributed by atoms with van der Waals surface area (Å²) in [6.07, 6.45) is 1.89. The lowest BCUT2D eigenvalue weighted by Gasteiger charge is -2.34. The van der Waals surface area contributed by atoms with E-state index in [1.807, 2.05) is 6.92 Å². The van der Waals surface area contributed by atoms with Gasteiger partial charge < -0.3 is 67.8 Å². The number of carbonyl (C=O) groups is 11. The Balaban J connectivity index is 1.76. The number of aliphatic hydroxyl groups excluding tert-OH is 1. The Labute approximate surface area is 390 Å². The van der Waals surface area contributed by atoms with E-state index in [9.17, 15) is 57.8 Å². The molecular formula is C44H72N10O13. The number of likely N-dealkylation sites (tertiary alicyclic amines) is 3. The van der Waals surface area contributed by atoms with Crippen LogP contribution in [0.3, 0.4) is 0 Å². The second-order valence-corrected chi connectivity index (χ2v) is 18.4. The van der Waals surface area contributed by atoms with Crippen LogP contribution in [0.5, 0.6) is 0 Å². The predicted octanol–water partition coefficient (Wildman–Crippen LogP) is -2.61. The molecule has 0 bridgehead atoms. The van der Waals surface area contributed by atoms with E-state index in [0.717, 1.165) is 0 Å². The van der Waals surface area contributed by atoms with Crippen LogP contribution < -0.4 is 38.1 Å². The highest BCUT2D eigenvalue weighted by atomic mass is 16.4. The maximum absolute atomic E-state index is 14.3. The zero-order valence-electron chi connectivity index (χ0n) is 39.5. The van der Waals surface area contributed by atoms with Gasteiger partial charge in [0.25, 0.3) is 0 Å². The minimum atomic E-state index is -1.34. The van der Waals surface area contributed by atoms with Gasteiger partial charge in [0.05, 0.1) is 12.6 Å². The predicted molar refractivity (Wildman–Crippen MR) is 239 cm³/mol. The smallest absolute Gasteiger partial charge is 0.303 e. The maximum atomic E-state index is 14.3. The average Bonchev–Trinajstić information content (AvgIpc) is 4.09. The zero-order chi connectivity index (χ0) is 50.3. The van der Waals surface area contributed by atoms with Crippen molar-refractivity contribution in [3.05, 3.63) is 0 Å². The molecule has 3 rings (SSSR count). The first-order valence-corrected chi connectivity index (χ1v) is 23.3. The van der Waals surface area contributed by atoms with E-state index >= 15 is 0 Å². The molecule has 3 saturated heterocycles. The SMILES string of the molecule is CC[C@H](C)[C@H](NC(=O)[C@@H](N)CCC(=O)O)C(=O)N1CCC[C@H]1C(=O)N[C@H](C(=O)N1CCC[C@H]1C(=O)N[C@H](C(=O)N[C@@H](CCC(N)=O)C(=O)N1CCC[C@H]1C(=O)N[C@H](C=O)CO)C(C)C)C(C)C. The average molecular weight is 949 g/mol. The number of nitrogens with two attached hydrogens (primary N) is 2. The zero-order valence-corrected chi connectivity index (χ0v) is 39.5. The Morgan fingerprint density at radius 3 is 1.52 bits per heavy atom. The van der Waals surface area contributed by atoms with Gasteiger partial charge in [-0.3, -0.25) is 47.9 Å². The number of carboxylic acids is 1. The van der Waals surface area contributed by atoms with Crippen LogP contribution in [-0.4, -0.2) is 171 Å². The van der Waals surface area contributed by atoms with Crippen LogP contribution in [0.15, 0.2) is 0 Å². The third-order valence-electron chi connectivity index (χ3n) is 12.8. The lowest BCUT2D eigenvalue weighted by Crippen LogP contribution is -2.61. The molecule has 10 atom stereocenters. The molecular weight excluding hydrogens is 877 g/mol. The van der Waals surface area contributed by atoms with Gasteiger partial charge in [-0.15, -0.1) is 0 Å². The minimum absolute atomic E-state index is 0.127. The van der Waals surface area contributed by atoms with Crippen molar-refractivity contribution in [2.45, 2.75) is 167 Å². The molecule has 0 aliphatic carbocycles. The quantitative estimate of drug-likeness (QED) is 0.0424. The highest BCUT2D eigenvalue weighted by molar-refractivity contribution is 5.98. The monoisotopic (exact) mass is 949 g/mol. The molecule has 0 radical (unpaired) electrons. The Morgan fingerprint density at radius 1 is 0.627 bits per heavy atom. The van der Waals surface area contributed by atoms with Crippen molar-refractivity contribution in [2.24, 2.45) is 29.2 Å². The number of primary amides is 1. The molecule has 0 unspecified atom stereocenters. The lowest BCUT2D eigenvalue weighted by molar-refractivity contribution is -0.146. The van der Waals surface area contributed by atoms with Gasteiger partial charge in [-0.05, 0) is 69.1 Å². The summed E-state index contributed by atoms with van der Waals surface area (Å²) in [5.41, 5.74) is 11.3. The van der Waals surface area contributed by atoms with E-state index in [2.05, 4.69) is 26.6 Å². The van der Waals surface area contributed by atoms with Gasteiger partial charge in [-0.2, -0.15) is 0 Å². The molecule has 376 valence electrons. The Hall–Kier alpha value is -5.71. The highest BCUT2D eigenvalue weighted by Crippen LogP contribution is 2.25. The number of aldehydes is 1. The van der Waals surface area contributed by atoms with Gasteiger partial charge in [-0.25, -0.2) is 0 Å². The first-order chi connectivity index (χ1) is 31.6. The number of hydrogen-bond acceptors (Lipinski definition) is 13. The number of hydrogen-bond donors (Lipinski definition) is 9. The molecule has 3 fully saturated rings. The Morgan fingerprint density at radius 2 is 1.09 bits per heavy atom. The fourth-order valence-electron chi connectivity index (χ4n) is 8.57. The molecule has 67 heavy (non-hydrogen) atoms. The summed E-state index contributed by atoms with van der Waals surface area (Å²) in [6.45, 7) is 10.2. The van der Waals surface area contributed by atoms with E-state index < -0.39 is 132 Å². The number of amides is 9. The number of rotatable bonds is 25. The third-order valence-corrected chi connectivity index (χ3v) is 12.8. The standard InChI is InChI=1S/C44H72N10O13/c1-7-25(6)36(51-37(60)27(45)14-17-33(58)59)44(67)54-20-10-13-31(54)40(63)50-35(24(4)5)43(66)53-19-9-12-30(53)39(62)49-34(23(2)3)41(64)48-28(15-16-32(46)57)42(65)52-18-8-11-29(52)38(61)47-26(21-55)22-56/h21,23-31,34-36,56H,7-20,22,45H2,1-6H3,(H2,46,57)(H,47,61)(H,48,64)(H,49,62)(H,50,63)(H,51,60)(H,58,59)/t25-,26+,27-,28-,29-,30-,31-,34-,35-,36-/m0/s1. The van der Waals surface area contributed by atoms with Crippen molar-refractivity contribution in [3.8, 4) is 0 Å². The summed E-state index contributed by atoms with van der Waals surface area (Å²) in [4.78, 5) is 148. The van der Waals surface area contributed by atoms with Crippen molar-refractivity contribution in [2.75, 3.05) is 26.2 Å². The summed E-state index contributed by atoms with van der Waals surface area (Å²) in [5, 5.41) is 31.6. The molecule has 3 heterocycles. The van der Waals surface area contributed by atoms with E-state index in [-0.39, 0.29) is 70.5 Å². The van der Waals surface area contributed by atoms with Gasteiger partial charge in [0.2, 0.25) is 53.2 Å². The van der Waals surface area contributed by atoms with E-state index in [4.69, 9.17) is 16.6 Å². The summed E-state index contributed by atoms with van der Waals surface area (Å²) < 4.78 is 0. The molecule has 0 spiro atoms. The van der Waals surface area contributed by atoms with Crippen molar-refractivity contribution < 1.29 is 63.0 Å². The molecule has 23 nitrogen and oxygen atoms in total. The summed E-state index contributed by atoms with van der Waals surface area (Å²) in [7, 11) is 0. The van der Waals surface area contributed by atoms with Crippen molar-refractivity contribution in [3.63, 3.8) is 0 Å². The first kappa shape index (κ1) is 55.6. The highest BCUT2D eigenvalue weighted by Gasteiger charge is 2.45. The first-order valence-electron chi connectivity index (χ1n) is 23.3. The van der Waals surface area contributed by atoms with Gasteiger partial charge in [0.15, 0.2) is 0 Å². The Bertz CT molecular complexity index is 1830. The summed E-state index contributed by atoms with van der Waals surface area (Å²) in [6, 6.07) is -10.2. The van der Waals surface area contributed by atoms with Crippen LogP contribution in [0.4, 0.5) is 0 Å². The van der Waals surface area contributed by atoms with Gasteiger partial charge in [-0.1, -0.05) is 48.0 Å². The molecule has 0 aromatic carbocycles. The number of nitrogens with zero attached hydrogens (tertiary/aromatic N) is 3. The van der Waals surface area contributed by atoms with Crippen LogP contribution in [0, 0.1) is 17.8 Å². The molecule has 0 aromatic heterocycles. The van der Waals surface area contributed by atoms with Crippen LogP contribution in [0.1, 0.15) is 112 Å². The molecule has 0 saturated carbocycles. The topological polar surface area (TPSA) is 350 Å². The molecule has 9 amide bonds. The lowest BCUT2D eigenvalue weighted by atomic mass is 9.96. The normalized spacial score (nSPS) is 21.3. The summed E-state index contributed by atoms with van der Waals surface area (Å²) in [5.74, 6) is -8.44.